The SMILES string of the molecule is CO[C@@](C)(c1ccccc1)C1CC1. The third kappa shape index (κ3) is 1.49. The van der Waals surface area contributed by atoms with E-state index in [0.717, 1.165) is 5.92 Å². The van der Waals surface area contributed by atoms with E-state index in [-0.39, 0.29) is 5.60 Å². The van der Waals surface area contributed by atoms with Gasteiger partial charge in [0.1, 0.15) is 0 Å². The van der Waals surface area contributed by atoms with Gasteiger partial charge in [0.15, 0.2) is 0 Å². The van der Waals surface area contributed by atoms with Crippen LogP contribution in [0.3, 0.4) is 0 Å². The average Bonchev–Trinajstić information content (AvgIpc) is 3.02. The highest BCUT2D eigenvalue weighted by Crippen LogP contribution is 2.47. The molecule has 0 spiro atoms. The molecule has 1 saturated carbocycles. The second-order valence-electron chi connectivity index (χ2n) is 3.95. The van der Waals surface area contributed by atoms with Gasteiger partial charge in [-0.2, -0.15) is 0 Å². The van der Waals surface area contributed by atoms with E-state index in [4.69, 9.17) is 4.74 Å². The second-order valence-corrected chi connectivity index (χ2v) is 3.95. The molecule has 0 saturated heterocycles. The first-order valence-electron chi connectivity index (χ1n) is 4.88. The summed E-state index contributed by atoms with van der Waals surface area (Å²) in [6.45, 7) is 2.19. The van der Waals surface area contributed by atoms with Gasteiger partial charge in [-0.25, -0.2) is 0 Å². The summed E-state index contributed by atoms with van der Waals surface area (Å²) >= 11 is 0. The van der Waals surface area contributed by atoms with Crippen molar-refractivity contribution in [1.82, 2.24) is 0 Å². The fourth-order valence-electron chi connectivity index (χ4n) is 1.92. The normalized spacial score (nSPS) is 21.1. The van der Waals surface area contributed by atoms with Gasteiger partial charge in [0.25, 0.3) is 0 Å². The third-order valence-corrected chi connectivity index (χ3v) is 3.13. The molecule has 1 aromatic carbocycles. The minimum atomic E-state index is -0.0543. The fraction of sp³-hybridized carbons (Fsp3) is 0.500. The molecule has 1 atom stereocenters. The molecule has 70 valence electrons. The van der Waals surface area contributed by atoms with Crippen LogP contribution < -0.4 is 0 Å². The van der Waals surface area contributed by atoms with Crippen LogP contribution in [0.5, 0.6) is 0 Å². The van der Waals surface area contributed by atoms with Gasteiger partial charge in [0.2, 0.25) is 0 Å². The van der Waals surface area contributed by atoms with Crippen molar-refractivity contribution in [1.29, 1.82) is 0 Å². The van der Waals surface area contributed by atoms with Crippen molar-refractivity contribution in [2.75, 3.05) is 7.11 Å². The highest BCUT2D eigenvalue weighted by atomic mass is 16.5. The monoisotopic (exact) mass is 176 g/mol. The molecule has 2 rings (SSSR count). The zero-order valence-corrected chi connectivity index (χ0v) is 8.29. The summed E-state index contributed by atoms with van der Waals surface area (Å²) in [5.74, 6) is 0.722. The van der Waals surface area contributed by atoms with E-state index in [0.29, 0.717) is 0 Å². The number of hydrogen-bond donors (Lipinski definition) is 0. The summed E-state index contributed by atoms with van der Waals surface area (Å²) in [6, 6.07) is 10.5. The first-order valence-corrected chi connectivity index (χ1v) is 4.88. The molecule has 1 fully saturated rings. The summed E-state index contributed by atoms with van der Waals surface area (Å²) in [5, 5.41) is 0. The lowest BCUT2D eigenvalue weighted by Gasteiger charge is -2.28. The zero-order chi connectivity index (χ0) is 9.31. The van der Waals surface area contributed by atoms with Crippen LogP contribution in [0.25, 0.3) is 0 Å². The molecule has 13 heavy (non-hydrogen) atoms. The van der Waals surface area contributed by atoms with Crippen molar-refractivity contribution in [3.8, 4) is 0 Å². The quantitative estimate of drug-likeness (QED) is 0.688. The van der Waals surface area contributed by atoms with Crippen molar-refractivity contribution in [2.24, 2.45) is 5.92 Å². The Balaban J connectivity index is 2.30. The molecule has 0 unspecified atom stereocenters. The third-order valence-electron chi connectivity index (χ3n) is 3.13. The standard InChI is InChI=1S/C12H16O/c1-12(13-2,11-8-9-11)10-6-4-3-5-7-10/h3-7,11H,8-9H2,1-2H3/t12-/m0/s1. The van der Waals surface area contributed by atoms with Crippen LogP contribution in [-0.4, -0.2) is 7.11 Å². The highest BCUT2D eigenvalue weighted by molar-refractivity contribution is 5.24. The van der Waals surface area contributed by atoms with E-state index < -0.39 is 0 Å². The molecule has 0 heterocycles. The summed E-state index contributed by atoms with van der Waals surface area (Å²) in [5.41, 5.74) is 1.25. The smallest absolute Gasteiger partial charge is 0.0927 e. The van der Waals surface area contributed by atoms with E-state index in [1.165, 1.54) is 18.4 Å². The first kappa shape index (κ1) is 8.76. The van der Waals surface area contributed by atoms with Gasteiger partial charge >= 0.3 is 0 Å². The maximum absolute atomic E-state index is 5.65. The summed E-state index contributed by atoms with van der Waals surface area (Å²) in [7, 11) is 1.81. The Bertz CT molecular complexity index is 276. The average molecular weight is 176 g/mol. The van der Waals surface area contributed by atoms with Gasteiger partial charge in [-0.1, -0.05) is 30.3 Å². The van der Waals surface area contributed by atoms with Crippen LogP contribution in [0, 0.1) is 5.92 Å². The molecular weight excluding hydrogens is 160 g/mol. The van der Waals surface area contributed by atoms with E-state index in [9.17, 15) is 0 Å². The van der Waals surface area contributed by atoms with E-state index >= 15 is 0 Å². The van der Waals surface area contributed by atoms with E-state index in [1.807, 2.05) is 13.2 Å². The largest absolute Gasteiger partial charge is 0.374 e. The molecule has 1 aliphatic carbocycles. The van der Waals surface area contributed by atoms with Gasteiger partial charge in [0, 0.05) is 7.11 Å². The Morgan fingerprint density at radius 1 is 1.23 bits per heavy atom. The lowest BCUT2D eigenvalue weighted by Crippen LogP contribution is -2.26. The molecule has 0 aliphatic heterocycles. The van der Waals surface area contributed by atoms with Crippen LogP contribution in [0.1, 0.15) is 25.3 Å². The van der Waals surface area contributed by atoms with E-state index in [1.54, 1.807) is 0 Å². The van der Waals surface area contributed by atoms with Crippen molar-refractivity contribution < 1.29 is 4.74 Å². The Kier molecular flexibility index (Phi) is 2.12. The summed E-state index contributed by atoms with van der Waals surface area (Å²) < 4.78 is 5.65. The zero-order valence-electron chi connectivity index (χ0n) is 8.29. The fourth-order valence-corrected chi connectivity index (χ4v) is 1.92. The molecule has 0 radical (unpaired) electrons. The summed E-state index contributed by atoms with van der Waals surface area (Å²) in [4.78, 5) is 0. The molecule has 0 N–H and O–H groups in total. The number of methoxy groups -OCH3 is 1. The van der Waals surface area contributed by atoms with Gasteiger partial charge < -0.3 is 4.74 Å². The minimum Gasteiger partial charge on any atom is -0.374 e. The van der Waals surface area contributed by atoms with Crippen molar-refractivity contribution in [2.45, 2.75) is 25.4 Å². The predicted octanol–water partition coefficient (Wildman–Crippen LogP) is 2.96. The molecule has 1 aromatic rings. The Hall–Kier alpha value is -0.820. The number of ether oxygens (including phenoxy) is 1. The number of rotatable bonds is 3. The topological polar surface area (TPSA) is 9.23 Å². The first-order chi connectivity index (χ1) is 6.27. The van der Waals surface area contributed by atoms with Gasteiger partial charge in [-0.15, -0.1) is 0 Å². The van der Waals surface area contributed by atoms with Crippen LogP contribution in [0.2, 0.25) is 0 Å². The Morgan fingerprint density at radius 2 is 1.85 bits per heavy atom. The molecule has 0 aromatic heterocycles. The van der Waals surface area contributed by atoms with Crippen molar-refractivity contribution in [3.05, 3.63) is 35.9 Å². The van der Waals surface area contributed by atoms with Crippen molar-refractivity contribution >= 4 is 0 Å². The lowest BCUT2D eigenvalue weighted by molar-refractivity contribution is -0.0180. The molecule has 0 bridgehead atoms. The molecule has 1 nitrogen and oxygen atoms in total. The lowest BCUT2D eigenvalue weighted by atomic mass is 9.91. The number of benzene rings is 1. The van der Waals surface area contributed by atoms with Gasteiger partial charge in [-0.3, -0.25) is 0 Å². The Labute approximate surface area is 79.7 Å². The van der Waals surface area contributed by atoms with Gasteiger partial charge in [0.05, 0.1) is 5.60 Å². The maximum Gasteiger partial charge on any atom is 0.0927 e. The van der Waals surface area contributed by atoms with Gasteiger partial charge in [-0.05, 0) is 31.2 Å². The minimum absolute atomic E-state index is 0.0543. The van der Waals surface area contributed by atoms with Crippen LogP contribution in [-0.2, 0) is 10.3 Å². The van der Waals surface area contributed by atoms with Crippen LogP contribution in [0.4, 0.5) is 0 Å². The summed E-state index contributed by atoms with van der Waals surface area (Å²) in [6.07, 6.45) is 2.61. The molecular formula is C12H16O. The maximum atomic E-state index is 5.65. The van der Waals surface area contributed by atoms with Crippen LogP contribution in [0.15, 0.2) is 30.3 Å². The Morgan fingerprint density at radius 3 is 2.31 bits per heavy atom. The highest BCUT2D eigenvalue weighted by Gasteiger charge is 2.42. The van der Waals surface area contributed by atoms with Crippen LogP contribution >= 0.6 is 0 Å². The molecule has 1 heteroatoms. The predicted molar refractivity (Wildman–Crippen MR) is 53.5 cm³/mol. The molecule has 1 aliphatic rings. The molecule has 0 amide bonds. The van der Waals surface area contributed by atoms with Crippen molar-refractivity contribution in [3.63, 3.8) is 0 Å². The number of hydrogen-bond acceptors (Lipinski definition) is 1. The second kappa shape index (κ2) is 3.15. The van der Waals surface area contributed by atoms with E-state index in [2.05, 4.69) is 31.2 Å².